The zero-order valence-corrected chi connectivity index (χ0v) is 17.2. The topological polar surface area (TPSA) is 41.0 Å². The van der Waals surface area contributed by atoms with Crippen LogP contribution in [-0.2, 0) is 0 Å². The van der Waals surface area contributed by atoms with Crippen molar-refractivity contribution in [1.29, 1.82) is 0 Å². The van der Waals surface area contributed by atoms with Crippen LogP contribution in [0.5, 0.6) is 0 Å². The summed E-state index contributed by atoms with van der Waals surface area (Å²) in [4.78, 5) is 13.1. The molecule has 0 spiro atoms. The molecule has 1 fully saturated rings. The molecular weight excluding hydrogens is 402 g/mol. The number of fused-ring (bicyclic) bond motifs is 1. The molecule has 3 aromatic heterocycles. The van der Waals surface area contributed by atoms with Crippen LogP contribution in [0.1, 0.15) is 6.42 Å². The smallest absolute Gasteiger partial charge is 0.146 e. The minimum atomic E-state index is -0.772. The summed E-state index contributed by atoms with van der Waals surface area (Å²) in [5, 5.41) is 3.86. The van der Waals surface area contributed by atoms with Gasteiger partial charge in [-0.2, -0.15) is 0 Å². The molecule has 0 amide bonds. The van der Waals surface area contributed by atoms with Crippen molar-refractivity contribution in [2.45, 2.75) is 12.6 Å². The van der Waals surface area contributed by atoms with E-state index in [4.69, 9.17) is 4.98 Å². The van der Waals surface area contributed by atoms with E-state index in [1.807, 2.05) is 41.3 Å². The van der Waals surface area contributed by atoms with Crippen LogP contribution in [0.4, 0.5) is 20.3 Å². The normalized spacial score (nSPS) is 16.4. The van der Waals surface area contributed by atoms with E-state index in [0.717, 1.165) is 37.7 Å². The highest BCUT2D eigenvalue weighted by atomic mass is 32.1. The standard InChI is InChI=1S/C23H20F2N4S/c1-26-20-6-2-14(10-18(20)25)21-11-15-3-5-19(28-23(15)30-21)16-4-7-22(27-12-16)29-9-8-17(24)13-29/h2-7,10-12,17,26H,8-9,13H2,1H3/t17-/m0/s1. The highest BCUT2D eigenvalue weighted by Crippen LogP contribution is 2.35. The van der Waals surface area contributed by atoms with Crippen LogP contribution in [-0.4, -0.2) is 36.3 Å². The van der Waals surface area contributed by atoms with E-state index in [-0.39, 0.29) is 5.82 Å². The van der Waals surface area contributed by atoms with Crippen LogP contribution >= 0.6 is 11.3 Å². The largest absolute Gasteiger partial charge is 0.386 e. The number of aromatic nitrogens is 2. The van der Waals surface area contributed by atoms with Gasteiger partial charge in [0.2, 0.25) is 0 Å². The van der Waals surface area contributed by atoms with Crippen molar-refractivity contribution in [1.82, 2.24) is 9.97 Å². The van der Waals surface area contributed by atoms with Crippen molar-refractivity contribution in [3.8, 4) is 21.7 Å². The molecule has 1 aliphatic rings. The van der Waals surface area contributed by atoms with Gasteiger partial charge in [0.25, 0.3) is 0 Å². The SMILES string of the molecule is CNc1ccc(-c2cc3ccc(-c4ccc(N5CC[C@H](F)C5)nc4)nc3s2)cc1F. The molecule has 152 valence electrons. The minimum Gasteiger partial charge on any atom is -0.386 e. The summed E-state index contributed by atoms with van der Waals surface area (Å²) >= 11 is 1.54. The van der Waals surface area contributed by atoms with Crippen molar-refractivity contribution in [2.75, 3.05) is 30.4 Å². The lowest BCUT2D eigenvalue weighted by atomic mass is 10.1. The summed E-state index contributed by atoms with van der Waals surface area (Å²) in [5.74, 6) is 0.523. The van der Waals surface area contributed by atoms with E-state index >= 15 is 0 Å². The summed E-state index contributed by atoms with van der Waals surface area (Å²) in [6, 6.07) is 15.1. The quantitative estimate of drug-likeness (QED) is 0.454. The van der Waals surface area contributed by atoms with Crippen LogP contribution in [0.15, 0.2) is 54.7 Å². The monoisotopic (exact) mass is 422 g/mol. The molecule has 1 aromatic carbocycles. The first-order chi connectivity index (χ1) is 14.6. The minimum absolute atomic E-state index is 0.274. The van der Waals surface area contributed by atoms with Gasteiger partial charge in [-0.15, -0.1) is 11.3 Å². The predicted octanol–water partition coefficient (Wildman–Crippen LogP) is 5.75. The van der Waals surface area contributed by atoms with E-state index in [0.29, 0.717) is 25.2 Å². The number of thiophene rings is 1. The number of pyridine rings is 2. The maximum Gasteiger partial charge on any atom is 0.146 e. The zero-order valence-electron chi connectivity index (χ0n) is 16.4. The second kappa shape index (κ2) is 7.65. The Labute approximate surface area is 177 Å². The molecule has 1 N–H and O–H groups in total. The number of nitrogens with zero attached hydrogens (tertiary/aromatic N) is 3. The number of alkyl halides is 1. The van der Waals surface area contributed by atoms with Crippen molar-refractivity contribution >= 4 is 33.1 Å². The van der Waals surface area contributed by atoms with Gasteiger partial charge in [-0.1, -0.05) is 6.07 Å². The fourth-order valence-electron chi connectivity index (χ4n) is 3.74. The van der Waals surface area contributed by atoms with Gasteiger partial charge in [0.1, 0.15) is 22.6 Å². The number of hydrogen-bond donors (Lipinski definition) is 1. The molecule has 1 saturated heterocycles. The molecule has 7 heteroatoms. The second-order valence-corrected chi connectivity index (χ2v) is 8.41. The maximum atomic E-state index is 14.1. The number of hydrogen-bond acceptors (Lipinski definition) is 5. The third-order valence-corrected chi connectivity index (χ3v) is 6.50. The molecule has 0 unspecified atom stereocenters. The van der Waals surface area contributed by atoms with Crippen LogP contribution in [0.3, 0.4) is 0 Å². The fourth-order valence-corrected chi connectivity index (χ4v) is 4.77. The molecule has 0 aliphatic carbocycles. The van der Waals surface area contributed by atoms with Gasteiger partial charge in [-0.25, -0.2) is 18.7 Å². The first kappa shape index (κ1) is 18.9. The average Bonchev–Trinajstić information content (AvgIpc) is 3.39. The molecule has 4 nitrogen and oxygen atoms in total. The maximum absolute atomic E-state index is 14.1. The van der Waals surface area contributed by atoms with E-state index in [1.165, 1.54) is 11.3 Å². The van der Waals surface area contributed by atoms with Crippen LogP contribution in [0.25, 0.3) is 31.9 Å². The average molecular weight is 423 g/mol. The van der Waals surface area contributed by atoms with E-state index in [9.17, 15) is 8.78 Å². The summed E-state index contributed by atoms with van der Waals surface area (Å²) in [5.41, 5.74) is 3.05. The lowest BCUT2D eigenvalue weighted by Crippen LogP contribution is -2.20. The Morgan fingerprint density at radius 2 is 1.97 bits per heavy atom. The Bertz CT molecular complexity index is 1210. The molecular formula is C23H20F2N4S. The van der Waals surface area contributed by atoms with Crippen LogP contribution in [0.2, 0.25) is 0 Å². The van der Waals surface area contributed by atoms with E-state index in [2.05, 4.69) is 10.3 Å². The van der Waals surface area contributed by atoms with Crippen LogP contribution < -0.4 is 10.2 Å². The Kier molecular flexibility index (Phi) is 4.83. The summed E-state index contributed by atoms with van der Waals surface area (Å²) < 4.78 is 27.6. The molecule has 4 aromatic rings. The molecule has 5 rings (SSSR count). The van der Waals surface area contributed by atoms with Crippen molar-refractivity contribution in [3.05, 3.63) is 60.5 Å². The van der Waals surface area contributed by atoms with Crippen molar-refractivity contribution < 1.29 is 8.78 Å². The van der Waals surface area contributed by atoms with E-state index in [1.54, 1.807) is 25.4 Å². The van der Waals surface area contributed by atoms with Gasteiger partial charge >= 0.3 is 0 Å². The number of halogens is 2. The van der Waals surface area contributed by atoms with Gasteiger partial charge < -0.3 is 10.2 Å². The first-order valence-electron chi connectivity index (χ1n) is 9.84. The molecule has 0 radical (unpaired) electrons. The number of nitrogens with one attached hydrogen (secondary N) is 1. The third kappa shape index (κ3) is 3.50. The Morgan fingerprint density at radius 3 is 2.67 bits per heavy atom. The molecule has 0 saturated carbocycles. The van der Waals surface area contributed by atoms with E-state index < -0.39 is 6.17 Å². The predicted molar refractivity (Wildman–Crippen MR) is 120 cm³/mol. The highest BCUT2D eigenvalue weighted by molar-refractivity contribution is 7.21. The third-order valence-electron chi connectivity index (χ3n) is 5.40. The van der Waals surface area contributed by atoms with Crippen LogP contribution in [0, 0.1) is 5.82 Å². The molecule has 1 aliphatic heterocycles. The first-order valence-corrected chi connectivity index (χ1v) is 10.7. The Morgan fingerprint density at radius 1 is 1.10 bits per heavy atom. The van der Waals surface area contributed by atoms with Gasteiger partial charge in [0.15, 0.2) is 0 Å². The molecule has 0 bridgehead atoms. The molecule has 30 heavy (non-hydrogen) atoms. The van der Waals surface area contributed by atoms with Gasteiger partial charge in [0.05, 0.1) is 17.9 Å². The van der Waals surface area contributed by atoms with Gasteiger partial charge in [-0.05, 0) is 54.4 Å². The molecule has 1 atom stereocenters. The lowest BCUT2D eigenvalue weighted by Gasteiger charge is -2.16. The molecule has 4 heterocycles. The lowest BCUT2D eigenvalue weighted by molar-refractivity contribution is 0.364. The highest BCUT2D eigenvalue weighted by Gasteiger charge is 2.22. The summed E-state index contributed by atoms with van der Waals surface area (Å²) in [6.07, 6.45) is 1.57. The Balaban J connectivity index is 1.43. The summed E-state index contributed by atoms with van der Waals surface area (Å²) in [7, 11) is 1.70. The van der Waals surface area contributed by atoms with Crippen molar-refractivity contribution in [2.24, 2.45) is 0 Å². The second-order valence-electron chi connectivity index (χ2n) is 7.38. The zero-order chi connectivity index (χ0) is 20.7. The number of anilines is 2. The fraction of sp³-hybridized carbons (Fsp3) is 0.217. The number of benzene rings is 1. The Hall–Kier alpha value is -3.06. The number of rotatable bonds is 4. The van der Waals surface area contributed by atoms with Gasteiger partial charge in [0, 0.05) is 35.6 Å². The van der Waals surface area contributed by atoms with Crippen molar-refractivity contribution in [3.63, 3.8) is 0 Å². The van der Waals surface area contributed by atoms with Gasteiger partial charge in [-0.3, -0.25) is 0 Å². The summed E-state index contributed by atoms with van der Waals surface area (Å²) in [6.45, 7) is 1.11.